The first-order valence-electron chi connectivity index (χ1n) is 1.93. The second kappa shape index (κ2) is 3.28. The van der Waals surface area contributed by atoms with Gasteiger partial charge < -0.3 is 10.5 Å². The summed E-state index contributed by atoms with van der Waals surface area (Å²) >= 11 is 0. The van der Waals surface area contributed by atoms with Crippen LogP contribution < -0.4 is 5.73 Å². The smallest absolute Gasteiger partial charge is 0.183 e. The fourth-order valence-electron chi connectivity index (χ4n) is 0.184. The van der Waals surface area contributed by atoms with E-state index in [2.05, 4.69) is 11.3 Å². The Balaban J connectivity index is 3.49. The third-order valence-electron chi connectivity index (χ3n) is 0.518. The van der Waals surface area contributed by atoms with Gasteiger partial charge >= 0.3 is 0 Å². The zero-order valence-corrected chi connectivity index (χ0v) is 4.35. The number of nitrogens with two attached hydrogens (primary N) is 1. The second-order valence-corrected chi connectivity index (χ2v) is 1.01. The minimum absolute atomic E-state index is 0.384. The number of hydrogen-bond donors (Lipinski definition) is 1. The van der Waals surface area contributed by atoms with E-state index in [1.54, 1.807) is 12.2 Å². The quantitative estimate of drug-likeness (QED) is 0.407. The first-order chi connectivity index (χ1) is 3.31. The van der Waals surface area contributed by atoms with Crippen molar-refractivity contribution >= 4 is 0 Å². The Morgan fingerprint density at radius 1 is 1.86 bits per heavy atom. The number of methoxy groups -OCH3 is 1. The van der Waals surface area contributed by atoms with Gasteiger partial charge in [-0.05, 0) is 6.08 Å². The van der Waals surface area contributed by atoms with Crippen molar-refractivity contribution in [2.75, 3.05) is 7.11 Å². The van der Waals surface area contributed by atoms with Crippen LogP contribution in [0.2, 0.25) is 0 Å². The minimum Gasteiger partial charge on any atom is -0.483 e. The summed E-state index contributed by atoms with van der Waals surface area (Å²) in [6.45, 7) is 3.41. The average Bonchev–Trinajstić information content (AvgIpc) is 1.68. The molecule has 2 heteroatoms. The van der Waals surface area contributed by atoms with Crippen molar-refractivity contribution < 1.29 is 4.74 Å². The van der Waals surface area contributed by atoms with Crippen LogP contribution in [0.3, 0.4) is 0 Å². The van der Waals surface area contributed by atoms with Crippen LogP contribution in [0.15, 0.2) is 24.6 Å². The standard InChI is InChI=1S/C5H9NO/c1-3-4-5(6)7-2/h3-4H,1,6H2,2H3/b5-4+. The average molecular weight is 99.1 g/mol. The van der Waals surface area contributed by atoms with Gasteiger partial charge in [-0.3, -0.25) is 0 Å². The molecule has 0 saturated carbocycles. The van der Waals surface area contributed by atoms with Crippen LogP contribution in [0.25, 0.3) is 0 Å². The number of ether oxygens (including phenoxy) is 1. The largest absolute Gasteiger partial charge is 0.483 e. The summed E-state index contributed by atoms with van der Waals surface area (Å²) < 4.78 is 4.56. The lowest BCUT2D eigenvalue weighted by Gasteiger charge is -1.92. The molecule has 40 valence electrons. The molecular weight excluding hydrogens is 90.1 g/mol. The van der Waals surface area contributed by atoms with Crippen LogP contribution in [0.4, 0.5) is 0 Å². The molecular formula is C5H9NO. The summed E-state index contributed by atoms with van der Waals surface area (Å²) in [6, 6.07) is 0. The minimum atomic E-state index is 0.384. The van der Waals surface area contributed by atoms with Crippen LogP contribution in [0.5, 0.6) is 0 Å². The van der Waals surface area contributed by atoms with Crippen LogP contribution >= 0.6 is 0 Å². The molecule has 0 atom stereocenters. The summed E-state index contributed by atoms with van der Waals surface area (Å²) in [5.74, 6) is 0.384. The highest BCUT2D eigenvalue weighted by atomic mass is 16.5. The Morgan fingerprint density at radius 2 is 2.43 bits per heavy atom. The molecule has 0 bridgehead atoms. The fourth-order valence-corrected chi connectivity index (χ4v) is 0.184. The van der Waals surface area contributed by atoms with Gasteiger partial charge in [0.25, 0.3) is 0 Å². The van der Waals surface area contributed by atoms with Crippen molar-refractivity contribution in [2.24, 2.45) is 5.73 Å². The maximum absolute atomic E-state index is 5.15. The first-order valence-corrected chi connectivity index (χ1v) is 1.93. The molecule has 0 saturated heterocycles. The molecule has 0 spiro atoms. The number of hydrogen-bond acceptors (Lipinski definition) is 2. The molecule has 0 heterocycles. The normalized spacial score (nSPS) is 10.7. The molecule has 0 rings (SSSR count). The monoisotopic (exact) mass is 99.1 g/mol. The molecule has 7 heavy (non-hydrogen) atoms. The van der Waals surface area contributed by atoms with Gasteiger partial charge in [0, 0.05) is 0 Å². The number of allylic oxidation sites excluding steroid dienone is 2. The molecule has 0 fully saturated rings. The zero-order valence-electron chi connectivity index (χ0n) is 4.35. The SMILES string of the molecule is C=C/C=C(\N)OC. The van der Waals surface area contributed by atoms with Gasteiger partial charge in [0.1, 0.15) is 0 Å². The Bertz CT molecular complexity index is 86.1. The van der Waals surface area contributed by atoms with Crippen LogP contribution in [-0.4, -0.2) is 7.11 Å². The maximum Gasteiger partial charge on any atom is 0.183 e. The van der Waals surface area contributed by atoms with Crippen molar-refractivity contribution in [3.8, 4) is 0 Å². The molecule has 0 aromatic rings. The van der Waals surface area contributed by atoms with E-state index >= 15 is 0 Å². The fraction of sp³-hybridized carbons (Fsp3) is 0.200. The van der Waals surface area contributed by atoms with Gasteiger partial charge in [-0.15, -0.1) is 0 Å². The van der Waals surface area contributed by atoms with E-state index in [-0.39, 0.29) is 0 Å². The molecule has 0 aromatic carbocycles. The van der Waals surface area contributed by atoms with Gasteiger partial charge in [0.15, 0.2) is 5.88 Å². The molecule has 0 aromatic heterocycles. The van der Waals surface area contributed by atoms with Crippen LogP contribution in [0, 0.1) is 0 Å². The lowest BCUT2D eigenvalue weighted by atomic mass is 10.6. The van der Waals surface area contributed by atoms with Crippen LogP contribution in [-0.2, 0) is 4.74 Å². The topological polar surface area (TPSA) is 35.2 Å². The third kappa shape index (κ3) is 2.89. The van der Waals surface area contributed by atoms with Gasteiger partial charge in [0.2, 0.25) is 0 Å². The zero-order chi connectivity index (χ0) is 5.70. The molecule has 0 aliphatic carbocycles. The molecule has 0 aliphatic heterocycles. The highest BCUT2D eigenvalue weighted by Crippen LogP contribution is 1.80. The van der Waals surface area contributed by atoms with Gasteiger partial charge in [0.05, 0.1) is 7.11 Å². The highest BCUT2D eigenvalue weighted by Gasteiger charge is 1.74. The Morgan fingerprint density at radius 3 is 2.57 bits per heavy atom. The van der Waals surface area contributed by atoms with E-state index in [0.717, 1.165) is 0 Å². The van der Waals surface area contributed by atoms with E-state index in [1.807, 2.05) is 0 Å². The van der Waals surface area contributed by atoms with E-state index in [4.69, 9.17) is 5.73 Å². The molecule has 0 unspecified atom stereocenters. The summed E-state index contributed by atoms with van der Waals surface area (Å²) in [5, 5.41) is 0. The van der Waals surface area contributed by atoms with Gasteiger partial charge in [-0.1, -0.05) is 12.7 Å². The highest BCUT2D eigenvalue weighted by molar-refractivity contribution is 5.00. The molecule has 0 aliphatic rings. The summed E-state index contributed by atoms with van der Waals surface area (Å²) in [5.41, 5.74) is 5.15. The van der Waals surface area contributed by atoms with E-state index in [0.29, 0.717) is 5.88 Å². The second-order valence-electron chi connectivity index (χ2n) is 1.01. The Kier molecular flexibility index (Phi) is 2.85. The van der Waals surface area contributed by atoms with Gasteiger partial charge in [-0.2, -0.15) is 0 Å². The number of rotatable bonds is 2. The van der Waals surface area contributed by atoms with Crippen molar-refractivity contribution in [1.29, 1.82) is 0 Å². The maximum atomic E-state index is 5.15. The lowest BCUT2D eigenvalue weighted by molar-refractivity contribution is 0.287. The van der Waals surface area contributed by atoms with E-state index in [9.17, 15) is 0 Å². The van der Waals surface area contributed by atoms with Crippen molar-refractivity contribution in [2.45, 2.75) is 0 Å². The third-order valence-corrected chi connectivity index (χ3v) is 0.518. The van der Waals surface area contributed by atoms with E-state index < -0.39 is 0 Å². The molecule has 2 nitrogen and oxygen atoms in total. The summed E-state index contributed by atoms with van der Waals surface area (Å²) in [4.78, 5) is 0. The Labute approximate surface area is 43.3 Å². The molecule has 2 N–H and O–H groups in total. The lowest BCUT2D eigenvalue weighted by Crippen LogP contribution is -1.97. The van der Waals surface area contributed by atoms with Crippen molar-refractivity contribution in [1.82, 2.24) is 0 Å². The molecule has 0 amide bonds. The van der Waals surface area contributed by atoms with Crippen LogP contribution in [0.1, 0.15) is 0 Å². The van der Waals surface area contributed by atoms with Crippen molar-refractivity contribution in [3.05, 3.63) is 24.6 Å². The first kappa shape index (κ1) is 6.08. The van der Waals surface area contributed by atoms with Gasteiger partial charge in [-0.25, -0.2) is 0 Å². The van der Waals surface area contributed by atoms with E-state index in [1.165, 1.54) is 7.11 Å². The van der Waals surface area contributed by atoms with Crippen molar-refractivity contribution in [3.63, 3.8) is 0 Å². The molecule has 0 radical (unpaired) electrons. The predicted octanol–water partition coefficient (Wildman–Crippen LogP) is 0.619. The summed E-state index contributed by atoms with van der Waals surface area (Å²) in [7, 11) is 1.51. The predicted molar refractivity (Wildman–Crippen MR) is 29.5 cm³/mol. The Hall–Kier alpha value is -0.920. The summed E-state index contributed by atoms with van der Waals surface area (Å²) in [6.07, 6.45) is 3.15.